The van der Waals surface area contributed by atoms with Crippen LogP contribution in [0.25, 0.3) is 11.0 Å². The van der Waals surface area contributed by atoms with Crippen LogP contribution < -0.4 is 10.9 Å². The molecule has 2 heterocycles. The molecule has 0 aliphatic carbocycles. The molecule has 1 atom stereocenters. The van der Waals surface area contributed by atoms with Crippen molar-refractivity contribution < 1.29 is 13.2 Å². The number of aromatic nitrogens is 2. The Bertz CT molecular complexity index is 933. The maximum Gasteiger partial charge on any atom is 0.272 e. The third kappa shape index (κ3) is 3.26. The maximum absolute atomic E-state index is 12.3. The van der Waals surface area contributed by atoms with Gasteiger partial charge in [0, 0.05) is 6.04 Å². The van der Waals surface area contributed by atoms with E-state index in [1.54, 1.807) is 25.1 Å². The minimum absolute atomic E-state index is 0.0379. The molecule has 1 saturated heterocycles. The van der Waals surface area contributed by atoms with Crippen LogP contribution in [0.15, 0.2) is 29.1 Å². The third-order valence-electron chi connectivity index (χ3n) is 3.91. The van der Waals surface area contributed by atoms with Crippen molar-refractivity contribution in [3.8, 4) is 0 Å². The summed E-state index contributed by atoms with van der Waals surface area (Å²) < 4.78 is 24.3. The number of carbonyl (C=O) groups excluding carboxylic acids is 1. The number of hydrogen-bond acceptors (Lipinski definition) is 5. The van der Waals surface area contributed by atoms with Crippen molar-refractivity contribution in [2.45, 2.75) is 25.9 Å². The normalized spacial score (nSPS) is 19.8. The second-order valence-corrected chi connectivity index (χ2v) is 7.97. The Morgan fingerprint density at radius 1 is 1.39 bits per heavy atom. The van der Waals surface area contributed by atoms with Gasteiger partial charge in [0.2, 0.25) is 5.91 Å². The van der Waals surface area contributed by atoms with E-state index in [4.69, 9.17) is 0 Å². The first-order chi connectivity index (χ1) is 10.9. The van der Waals surface area contributed by atoms with Gasteiger partial charge < -0.3 is 5.32 Å². The molecule has 1 aliphatic heterocycles. The van der Waals surface area contributed by atoms with Gasteiger partial charge in [-0.2, -0.15) is 0 Å². The number of nitrogens with zero attached hydrogens (tertiary/aromatic N) is 2. The summed E-state index contributed by atoms with van der Waals surface area (Å²) in [5.74, 6) is -0.316. The van der Waals surface area contributed by atoms with Crippen molar-refractivity contribution in [2.24, 2.45) is 0 Å². The highest BCUT2D eigenvalue weighted by Crippen LogP contribution is 2.12. The number of amides is 1. The van der Waals surface area contributed by atoms with Crippen LogP contribution in [0, 0.1) is 6.92 Å². The molecule has 3 rings (SSSR count). The Balaban J connectivity index is 1.85. The number of nitrogens with one attached hydrogen (secondary N) is 1. The highest BCUT2D eigenvalue weighted by Gasteiger charge is 2.29. The van der Waals surface area contributed by atoms with Crippen LogP contribution in [0.5, 0.6) is 0 Å². The minimum Gasteiger partial charge on any atom is -0.351 e. The number of carbonyl (C=O) groups is 1. The summed E-state index contributed by atoms with van der Waals surface area (Å²) in [4.78, 5) is 28.7. The molecule has 7 nitrogen and oxygen atoms in total. The van der Waals surface area contributed by atoms with Crippen LogP contribution in [-0.4, -0.2) is 41.4 Å². The molecule has 2 aromatic rings. The molecule has 0 spiro atoms. The molecule has 1 aromatic heterocycles. The summed E-state index contributed by atoms with van der Waals surface area (Å²) in [6, 6.07) is 6.72. The van der Waals surface area contributed by atoms with E-state index in [9.17, 15) is 18.0 Å². The topological polar surface area (TPSA) is 98.1 Å². The molecule has 0 saturated carbocycles. The van der Waals surface area contributed by atoms with Crippen molar-refractivity contribution in [3.05, 3.63) is 40.3 Å². The summed E-state index contributed by atoms with van der Waals surface area (Å²) in [6.45, 7) is 1.45. The van der Waals surface area contributed by atoms with Gasteiger partial charge in [-0.3, -0.25) is 14.2 Å². The smallest absolute Gasteiger partial charge is 0.272 e. The first kappa shape index (κ1) is 15.7. The van der Waals surface area contributed by atoms with Crippen LogP contribution >= 0.6 is 0 Å². The van der Waals surface area contributed by atoms with Gasteiger partial charge in [0.25, 0.3) is 5.56 Å². The molecule has 1 unspecified atom stereocenters. The van der Waals surface area contributed by atoms with Gasteiger partial charge in [0.1, 0.15) is 12.2 Å². The first-order valence-corrected chi connectivity index (χ1v) is 9.14. The van der Waals surface area contributed by atoms with Crippen LogP contribution in [0.2, 0.25) is 0 Å². The lowest BCUT2D eigenvalue weighted by atomic mass is 10.2. The number of para-hydroxylation sites is 2. The van der Waals surface area contributed by atoms with Crippen molar-refractivity contribution in [1.29, 1.82) is 0 Å². The summed E-state index contributed by atoms with van der Waals surface area (Å²) in [6.07, 6.45) is 0.416. The molecule has 1 aliphatic rings. The minimum atomic E-state index is -3.06. The average Bonchev–Trinajstić information content (AvgIpc) is 2.82. The zero-order valence-corrected chi connectivity index (χ0v) is 13.5. The van der Waals surface area contributed by atoms with E-state index in [0.29, 0.717) is 23.1 Å². The van der Waals surface area contributed by atoms with Crippen LogP contribution in [0.1, 0.15) is 12.1 Å². The number of sulfone groups is 1. The predicted octanol–water partition coefficient (Wildman–Crippen LogP) is 0.00822. The van der Waals surface area contributed by atoms with E-state index in [1.807, 2.05) is 6.07 Å². The van der Waals surface area contributed by atoms with Crippen molar-refractivity contribution >= 4 is 26.8 Å². The van der Waals surface area contributed by atoms with Crippen LogP contribution in [0.3, 0.4) is 0 Å². The summed E-state index contributed by atoms with van der Waals surface area (Å²) >= 11 is 0. The van der Waals surface area contributed by atoms with Gasteiger partial charge >= 0.3 is 0 Å². The fourth-order valence-electron chi connectivity index (χ4n) is 2.80. The highest BCUT2D eigenvalue weighted by molar-refractivity contribution is 7.91. The summed E-state index contributed by atoms with van der Waals surface area (Å²) in [5, 5.41) is 2.70. The van der Waals surface area contributed by atoms with Crippen molar-refractivity contribution in [2.75, 3.05) is 11.5 Å². The monoisotopic (exact) mass is 335 g/mol. The lowest BCUT2D eigenvalue weighted by molar-refractivity contribution is -0.122. The molecule has 1 fully saturated rings. The van der Waals surface area contributed by atoms with Gasteiger partial charge in [0.15, 0.2) is 9.84 Å². The van der Waals surface area contributed by atoms with Gasteiger partial charge in [-0.15, -0.1) is 0 Å². The van der Waals surface area contributed by atoms with Gasteiger partial charge in [-0.05, 0) is 25.5 Å². The Kier molecular flexibility index (Phi) is 3.93. The number of aryl methyl sites for hydroxylation is 1. The van der Waals surface area contributed by atoms with E-state index in [-0.39, 0.29) is 35.6 Å². The number of fused-ring (bicyclic) bond motifs is 1. The Morgan fingerprint density at radius 2 is 2.13 bits per heavy atom. The second kappa shape index (κ2) is 5.77. The van der Waals surface area contributed by atoms with E-state index in [1.165, 1.54) is 4.57 Å². The molecular formula is C15H17N3O4S. The molecule has 1 N–H and O–H groups in total. The Labute approximate surface area is 133 Å². The van der Waals surface area contributed by atoms with Crippen LogP contribution in [-0.2, 0) is 21.2 Å². The van der Waals surface area contributed by atoms with Crippen molar-refractivity contribution in [3.63, 3.8) is 0 Å². The molecule has 0 radical (unpaired) electrons. The molecule has 23 heavy (non-hydrogen) atoms. The Hall–Kier alpha value is -2.22. The molecule has 8 heteroatoms. The fourth-order valence-corrected chi connectivity index (χ4v) is 4.48. The highest BCUT2D eigenvalue weighted by atomic mass is 32.2. The largest absolute Gasteiger partial charge is 0.351 e. The molecule has 122 valence electrons. The van der Waals surface area contributed by atoms with E-state index in [0.717, 1.165) is 0 Å². The second-order valence-electron chi connectivity index (χ2n) is 5.74. The zero-order valence-electron chi connectivity index (χ0n) is 12.7. The quantitative estimate of drug-likeness (QED) is 0.852. The van der Waals surface area contributed by atoms with E-state index < -0.39 is 9.84 Å². The van der Waals surface area contributed by atoms with Gasteiger partial charge in [0.05, 0.1) is 22.5 Å². The Morgan fingerprint density at radius 3 is 2.83 bits per heavy atom. The number of benzene rings is 1. The third-order valence-corrected chi connectivity index (χ3v) is 5.68. The van der Waals surface area contributed by atoms with Gasteiger partial charge in [-0.25, -0.2) is 13.4 Å². The lowest BCUT2D eigenvalue weighted by Gasteiger charge is -2.14. The van der Waals surface area contributed by atoms with E-state index >= 15 is 0 Å². The fraction of sp³-hybridized carbons (Fsp3) is 0.400. The van der Waals surface area contributed by atoms with Crippen LogP contribution in [0.4, 0.5) is 0 Å². The molecule has 1 amide bonds. The molecule has 0 bridgehead atoms. The maximum atomic E-state index is 12.3. The number of hydrogen-bond donors (Lipinski definition) is 1. The van der Waals surface area contributed by atoms with E-state index in [2.05, 4.69) is 10.3 Å². The standard InChI is InChI=1S/C15H17N3O4S/c1-10-15(20)18(13-5-3-2-4-12(13)16-10)8-14(19)17-11-6-7-23(21,22)9-11/h2-5,11H,6-9H2,1H3,(H,17,19). The van der Waals surface area contributed by atoms with Crippen molar-refractivity contribution in [1.82, 2.24) is 14.9 Å². The summed E-state index contributed by atoms with van der Waals surface area (Å²) in [5.41, 5.74) is 1.22. The zero-order chi connectivity index (χ0) is 16.6. The average molecular weight is 335 g/mol. The number of rotatable bonds is 3. The first-order valence-electron chi connectivity index (χ1n) is 7.32. The summed E-state index contributed by atoms with van der Waals surface area (Å²) in [7, 11) is -3.06. The predicted molar refractivity (Wildman–Crippen MR) is 85.9 cm³/mol. The molecule has 1 aromatic carbocycles. The molecular weight excluding hydrogens is 318 g/mol. The SMILES string of the molecule is Cc1nc2ccccc2n(CC(=O)NC2CCS(=O)(=O)C2)c1=O. The van der Waals surface area contributed by atoms with Gasteiger partial charge in [-0.1, -0.05) is 12.1 Å². The lowest BCUT2D eigenvalue weighted by Crippen LogP contribution is -2.40.